The molecule has 0 bridgehead atoms. The van der Waals surface area contributed by atoms with Gasteiger partial charge in [-0.3, -0.25) is 19.8 Å². The number of carboxylic acid groups (broad SMARTS) is 2. The quantitative estimate of drug-likeness (QED) is 0.358. The maximum atomic E-state index is 12.4. The fraction of sp³-hybridized carbons (Fsp3) is 0.375. The van der Waals surface area contributed by atoms with Crippen LogP contribution < -0.4 is 9.80 Å². The first kappa shape index (κ1) is 25.6. The van der Waals surface area contributed by atoms with Crippen LogP contribution in [0.2, 0.25) is 0 Å². The lowest BCUT2D eigenvalue weighted by Crippen LogP contribution is -2.47. The van der Waals surface area contributed by atoms with Crippen LogP contribution in [0.25, 0.3) is 0 Å². The van der Waals surface area contributed by atoms with Crippen molar-refractivity contribution in [1.29, 1.82) is 0 Å². The first-order valence-electron chi connectivity index (χ1n) is 11.3. The van der Waals surface area contributed by atoms with E-state index in [1.165, 1.54) is 5.56 Å². The van der Waals surface area contributed by atoms with Crippen molar-refractivity contribution in [3.8, 4) is 0 Å². The van der Waals surface area contributed by atoms with Crippen LogP contribution in [0.15, 0.2) is 48.5 Å². The van der Waals surface area contributed by atoms with Crippen LogP contribution in [-0.4, -0.2) is 77.2 Å². The van der Waals surface area contributed by atoms with Crippen molar-refractivity contribution in [3.63, 3.8) is 0 Å². The Morgan fingerprint density at radius 1 is 0.857 bits per heavy atom. The molecule has 0 unspecified atom stereocenters. The molecule has 1 amide bonds. The molecule has 186 valence electrons. The number of aryl methyl sites for hydroxylation is 1. The molecule has 0 aliphatic carbocycles. The third-order valence-electron chi connectivity index (χ3n) is 6.02. The highest BCUT2D eigenvalue weighted by Gasteiger charge is 2.25. The molecule has 2 aromatic rings. The molecule has 0 saturated carbocycles. The number of carbonyl (C=O) groups excluding carboxylic acids is 1. The molecule has 1 saturated heterocycles. The average molecular weight is 485 g/mol. The fourth-order valence-corrected chi connectivity index (χ4v) is 4.29. The van der Waals surface area contributed by atoms with Crippen LogP contribution in [0.3, 0.4) is 0 Å². The van der Waals surface area contributed by atoms with E-state index in [0.717, 1.165) is 57.8 Å². The van der Waals surface area contributed by atoms with Crippen molar-refractivity contribution in [2.24, 2.45) is 0 Å². The van der Waals surface area contributed by atoms with Gasteiger partial charge in [-0.15, -0.1) is 0 Å². The lowest BCUT2D eigenvalue weighted by molar-refractivity contribution is -0.384. The summed E-state index contributed by atoms with van der Waals surface area (Å²) < 4.78 is 0. The topological polar surface area (TPSA) is 145 Å². The van der Waals surface area contributed by atoms with Crippen LogP contribution in [0, 0.1) is 10.1 Å². The number of hydrogen-bond donors (Lipinski definition) is 2. The minimum atomic E-state index is -1.82. The molecule has 2 heterocycles. The lowest BCUT2D eigenvalue weighted by atomic mass is 10.0. The van der Waals surface area contributed by atoms with E-state index in [-0.39, 0.29) is 16.5 Å². The molecule has 2 aromatic carbocycles. The molecule has 35 heavy (non-hydrogen) atoms. The minimum Gasteiger partial charge on any atom is -0.473 e. The molecule has 4 rings (SSSR count). The second-order valence-corrected chi connectivity index (χ2v) is 8.21. The Kier molecular flexibility index (Phi) is 8.74. The van der Waals surface area contributed by atoms with Gasteiger partial charge in [0.15, 0.2) is 0 Å². The van der Waals surface area contributed by atoms with Crippen LogP contribution in [0.1, 0.15) is 18.4 Å². The van der Waals surface area contributed by atoms with E-state index in [1.807, 2.05) is 35.2 Å². The van der Waals surface area contributed by atoms with E-state index < -0.39 is 11.9 Å². The third-order valence-corrected chi connectivity index (χ3v) is 6.02. The third kappa shape index (κ3) is 6.76. The van der Waals surface area contributed by atoms with Crippen molar-refractivity contribution >= 4 is 34.9 Å². The Morgan fingerprint density at radius 2 is 1.46 bits per heavy atom. The maximum absolute atomic E-state index is 12.4. The predicted octanol–water partition coefficient (Wildman–Crippen LogP) is 2.24. The SMILES string of the molecule is O=C(O)C(=O)O.O=C1CCc2ccccc2N1CCCN1CCN(c2ccccc2[N+](=O)[O-])CC1. The summed E-state index contributed by atoms with van der Waals surface area (Å²) in [6.45, 7) is 4.96. The number of para-hydroxylation sites is 3. The van der Waals surface area contributed by atoms with E-state index in [9.17, 15) is 14.9 Å². The molecule has 0 radical (unpaired) electrons. The minimum absolute atomic E-state index is 0.170. The average Bonchev–Trinajstić information content (AvgIpc) is 2.86. The van der Waals surface area contributed by atoms with Crippen LogP contribution in [0.5, 0.6) is 0 Å². The zero-order chi connectivity index (χ0) is 25.4. The summed E-state index contributed by atoms with van der Waals surface area (Å²) in [6, 6.07) is 15.1. The molecule has 2 N–H and O–H groups in total. The van der Waals surface area contributed by atoms with Gasteiger partial charge in [0.2, 0.25) is 5.91 Å². The number of aliphatic carboxylic acids is 2. The van der Waals surface area contributed by atoms with Crippen molar-refractivity contribution < 1.29 is 29.5 Å². The summed E-state index contributed by atoms with van der Waals surface area (Å²) in [4.78, 5) is 47.9. The first-order chi connectivity index (χ1) is 16.8. The van der Waals surface area contributed by atoms with Gasteiger partial charge in [-0.1, -0.05) is 30.3 Å². The number of carbonyl (C=O) groups is 3. The second kappa shape index (κ2) is 11.9. The van der Waals surface area contributed by atoms with Crippen LogP contribution in [0.4, 0.5) is 17.1 Å². The summed E-state index contributed by atoms with van der Waals surface area (Å²) in [6.07, 6.45) is 2.34. The van der Waals surface area contributed by atoms with Gasteiger partial charge in [0.05, 0.1) is 4.92 Å². The molecule has 0 atom stereocenters. The monoisotopic (exact) mass is 484 g/mol. The van der Waals surface area contributed by atoms with E-state index in [1.54, 1.807) is 12.1 Å². The molecule has 0 spiro atoms. The van der Waals surface area contributed by atoms with Gasteiger partial charge < -0.3 is 20.0 Å². The second-order valence-electron chi connectivity index (χ2n) is 8.21. The standard InChI is InChI=1S/C22H26N4O3.C2H2O4/c27-22-11-10-18-6-1-2-7-19(18)25(22)13-5-12-23-14-16-24(17-15-23)20-8-3-4-9-21(20)26(28)29;3-1(4)2(5)6/h1-4,6-9H,5,10-17H2;(H,3,4)(H,5,6). The summed E-state index contributed by atoms with van der Waals surface area (Å²) in [5.41, 5.74) is 3.19. The maximum Gasteiger partial charge on any atom is 0.414 e. The van der Waals surface area contributed by atoms with Gasteiger partial charge in [-0.05, 0) is 37.1 Å². The Morgan fingerprint density at radius 3 is 2.09 bits per heavy atom. The molecule has 1 fully saturated rings. The van der Waals surface area contributed by atoms with E-state index in [0.29, 0.717) is 12.1 Å². The summed E-state index contributed by atoms with van der Waals surface area (Å²) in [5.74, 6) is -3.44. The molecule has 2 aliphatic heterocycles. The summed E-state index contributed by atoms with van der Waals surface area (Å²) in [5, 5.41) is 26.1. The van der Waals surface area contributed by atoms with Gasteiger partial charge in [0.25, 0.3) is 5.69 Å². The molecule has 11 nitrogen and oxygen atoms in total. The zero-order valence-electron chi connectivity index (χ0n) is 19.2. The fourth-order valence-electron chi connectivity index (χ4n) is 4.29. The number of benzene rings is 2. The molecule has 11 heteroatoms. The number of piperazine rings is 1. The van der Waals surface area contributed by atoms with Gasteiger partial charge >= 0.3 is 11.9 Å². The zero-order valence-corrected chi connectivity index (χ0v) is 19.2. The number of amides is 1. The largest absolute Gasteiger partial charge is 0.473 e. The van der Waals surface area contributed by atoms with E-state index in [4.69, 9.17) is 19.8 Å². The molecular weight excluding hydrogens is 456 g/mol. The number of hydrogen-bond acceptors (Lipinski definition) is 7. The van der Waals surface area contributed by atoms with Crippen LogP contribution >= 0.6 is 0 Å². The Labute approximate surface area is 202 Å². The van der Waals surface area contributed by atoms with Crippen molar-refractivity contribution in [2.45, 2.75) is 19.3 Å². The highest BCUT2D eigenvalue weighted by Crippen LogP contribution is 2.29. The normalized spacial score (nSPS) is 15.6. The van der Waals surface area contributed by atoms with Crippen molar-refractivity contribution in [2.75, 3.05) is 49.1 Å². The van der Waals surface area contributed by atoms with Crippen LogP contribution in [-0.2, 0) is 20.8 Å². The number of rotatable bonds is 6. The highest BCUT2D eigenvalue weighted by atomic mass is 16.6. The highest BCUT2D eigenvalue weighted by molar-refractivity contribution is 6.27. The number of nitro benzene ring substituents is 1. The smallest absolute Gasteiger partial charge is 0.414 e. The number of fused-ring (bicyclic) bond motifs is 1. The number of anilines is 2. The number of nitrogens with zero attached hydrogens (tertiary/aromatic N) is 4. The Hall–Kier alpha value is -3.99. The first-order valence-corrected chi connectivity index (χ1v) is 11.3. The van der Waals surface area contributed by atoms with Crippen molar-refractivity contribution in [3.05, 3.63) is 64.2 Å². The molecule has 0 aromatic heterocycles. The van der Waals surface area contributed by atoms with E-state index >= 15 is 0 Å². The molecular formula is C24H28N4O7. The molecule has 2 aliphatic rings. The lowest BCUT2D eigenvalue weighted by Gasteiger charge is -2.36. The summed E-state index contributed by atoms with van der Waals surface area (Å²) >= 11 is 0. The number of carboxylic acids is 2. The van der Waals surface area contributed by atoms with E-state index in [2.05, 4.69) is 15.9 Å². The Balaban J connectivity index is 0.000000509. The summed E-state index contributed by atoms with van der Waals surface area (Å²) in [7, 11) is 0. The van der Waals surface area contributed by atoms with Gasteiger partial charge in [0.1, 0.15) is 5.69 Å². The van der Waals surface area contributed by atoms with Crippen molar-refractivity contribution in [1.82, 2.24) is 4.90 Å². The van der Waals surface area contributed by atoms with Gasteiger partial charge in [-0.25, -0.2) is 9.59 Å². The Bertz CT molecular complexity index is 1070. The predicted molar refractivity (Wildman–Crippen MR) is 129 cm³/mol. The number of nitro groups is 1. The van der Waals surface area contributed by atoms with Gasteiger partial charge in [0, 0.05) is 50.9 Å². The van der Waals surface area contributed by atoms with Gasteiger partial charge in [-0.2, -0.15) is 0 Å².